The molecule has 8 heteroatoms. The maximum atomic E-state index is 12.4. The first-order chi connectivity index (χ1) is 15.0. The SMILES string of the molecule is CCCCn1c(=O)[nH]c(=O)c2c1nc(CN1CCC(C(O)c3ccccc3)CC1)n2C. The van der Waals surface area contributed by atoms with Gasteiger partial charge in [-0.3, -0.25) is 19.2 Å². The molecule has 1 atom stereocenters. The number of hydrogen-bond acceptors (Lipinski definition) is 5. The minimum absolute atomic E-state index is 0.237. The molecule has 8 nitrogen and oxygen atoms in total. The van der Waals surface area contributed by atoms with Crippen LogP contribution < -0.4 is 11.2 Å². The third-order valence-corrected chi connectivity index (χ3v) is 6.43. The number of piperidine rings is 1. The molecule has 0 aliphatic carbocycles. The summed E-state index contributed by atoms with van der Waals surface area (Å²) in [5, 5.41) is 10.7. The normalized spacial score (nSPS) is 16.7. The number of nitrogens with zero attached hydrogens (tertiary/aromatic N) is 4. The molecule has 4 rings (SSSR count). The number of H-pyrrole nitrogens is 1. The number of fused-ring (bicyclic) bond motifs is 1. The lowest BCUT2D eigenvalue weighted by Crippen LogP contribution is -2.35. The van der Waals surface area contributed by atoms with Crippen LogP contribution >= 0.6 is 0 Å². The molecule has 1 fully saturated rings. The quantitative estimate of drug-likeness (QED) is 0.605. The van der Waals surface area contributed by atoms with Crippen molar-refractivity contribution in [1.82, 2.24) is 24.0 Å². The number of unbranched alkanes of at least 4 members (excludes halogenated alkanes) is 1. The maximum absolute atomic E-state index is 12.4. The van der Waals surface area contributed by atoms with Gasteiger partial charge in [0.1, 0.15) is 5.82 Å². The van der Waals surface area contributed by atoms with E-state index in [4.69, 9.17) is 4.98 Å². The third-order valence-electron chi connectivity index (χ3n) is 6.43. The van der Waals surface area contributed by atoms with Crippen molar-refractivity contribution in [1.29, 1.82) is 0 Å². The Morgan fingerprint density at radius 2 is 1.90 bits per heavy atom. The fourth-order valence-corrected chi connectivity index (χ4v) is 4.51. The zero-order valence-corrected chi connectivity index (χ0v) is 18.3. The second kappa shape index (κ2) is 9.20. The molecule has 0 radical (unpaired) electrons. The van der Waals surface area contributed by atoms with Gasteiger partial charge >= 0.3 is 5.69 Å². The molecule has 2 N–H and O–H groups in total. The molecule has 0 amide bonds. The van der Waals surface area contributed by atoms with Crippen molar-refractivity contribution >= 4 is 11.2 Å². The van der Waals surface area contributed by atoms with Crippen LogP contribution in [0.15, 0.2) is 39.9 Å². The smallest absolute Gasteiger partial charge is 0.330 e. The van der Waals surface area contributed by atoms with E-state index in [0.717, 1.165) is 50.2 Å². The largest absolute Gasteiger partial charge is 0.388 e. The Bertz CT molecular complexity index is 1140. The highest BCUT2D eigenvalue weighted by molar-refractivity contribution is 5.70. The Morgan fingerprint density at radius 3 is 2.58 bits per heavy atom. The average Bonchev–Trinajstić information content (AvgIpc) is 3.10. The minimum atomic E-state index is -0.439. The molecular formula is C23H31N5O3. The lowest BCUT2D eigenvalue weighted by atomic mass is 9.87. The van der Waals surface area contributed by atoms with E-state index >= 15 is 0 Å². The summed E-state index contributed by atoms with van der Waals surface area (Å²) in [5.41, 5.74) is 1.10. The van der Waals surface area contributed by atoms with Crippen LogP contribution in [0.1, 0.15) is 50.1 Å². The van der Waals surface area contributed by atoms with E-state index in [1.54, 1.807) is 9.13 Å². The number of hydrogen-bond donors (Lipinski definition) is 2. The molecule has 1 aromatic carbocycles. The number of nitrogens with one attached hydrogen (secondary N) is 1. The Balaban J connectivity index is 1.49. The van der Waals surface area contributed by atoms with Gasteiger partial charge < -0.3 is 9.67 Å². The van der Waals surface area contributed by atoms with Gasteiger partial charge in [0.05, 0.1) is 12.6 Å². The summed E-state index contributed by atoms with van der Waals surface area (Å²) in [6.45, 7) is 4.94. The van der Waals surface area contributed by atoms with E-state index in [9.17, 15) is 14.7 Å². The van der Waals surface area contributed by atoms with E-state index in [2.05, 4.69) is 16.8 Å². The summed E-state index contributed by atoms with van der Waals surface area (Å²) in [4.78, 5) is 34.2. The highest BCUT2D eigenvalue weighted by Crippen LogP contribution is 2.31. The topological polar surface area (TPSA) is 96.2 Å². The van der Waals surface area contributed by atoms with E-state index in [1.165, 1.54) is 0 Å². The van der Waals surface area contributed by atoms with Crippen molar-refractivity contribution in [2.24, 2.45) is 13.0 Å². The third kappa shape index (κ3) is 4.36. The van der Waals surface area contributed by atoms with Gasteiger partial charge in [0.25, 0.3) is 5.56 Å². The van der Waals surface area contributed by atoms with Crippen molar-refractivity contribution in [2.75, 3.05) is 13.1 Å². The van der Waals surface area contributed by atoms with Crippen LogP contribution in [-0.2, 0) is 20.1 Å². The number of aromatic nitrogens is 4. The monoisotopic (exact) mass is 425 g/mol. The summed E-state index contributed by atoms with van der Waals surface area (Å²) >= 11 is 0. The molecule has 1 aliphatic heterocycles. The van der Waals surface area contributed by atoms with Gasteiger partial charge in [-0.25, -0.2) is 9.78 Å². The first-order valence-electron chi connectivity index (χ1n) is 11.1. The number of aryl methyl sites for hydroxylation is 2. The first-order valence-corrected chi connectivity index (χ1v) is 11.1. The molecule has 31 heavy (non-hydrogen) atoms. The summed E-state index contributed by atoms with van der Waals surface area (Å²) in [5.74, 6) is 1.01. The fourth-order valence-electron chi connectivity index (χ4n) is 4.51. The molecule has 0 spiro atoms. The van der Waals surface area contributed by atoms with Gasteiger partial charge in [0.15, 0.2) is 11.2 Å². The molecule has 166 valence electrons. The summed E-state index contributed by atoms with van der Waals surface area (Å²) in [7, 11) is 1.83. The van der Waals surface area contributed by atoms with Crippen LogP contribution in [0, 0.1) is 5.92 Å². The van der Waals surface area contributed by atoms with Gasteiger partial charge in [-0.05, 0) is 43.8 Å². The zero-order chi connectivity index (χ0) is 22.0. The van der Waals surface area contributed by atoms with Crippen LogP contribution in [0.4, 0.5) is 0 Å². The van der Waals surface area contributed by atoms with Crippen molar-refractivity contribution in [3.8, 4) is 0 Å². The fraction of sp³-hybridized carbons (Fsp3) is 0.522. The molecule has 0 bridgehead atoms. The minimum Gasteiger partial charge on any atom is -0.388 e. The van der Waals surface area contributed by atoms with E-state index < -0.39 is 17.4 Å². The number of aromatic amines is 1. The van der Waals surface area contributed by atoms with E-state index in [-0.39, 0.29) is 5.92 Å². The van der Waals surface area contributed by atoms with Crippen LogP contribution in [0.3, 0.4) is 0 Å². The summed E-state index contributed by atoms with van der Waals surface area (Å²) in [6.07, 6.45) is 3.18. The second-order valence-corrected chi connectivity index (χ2v) is 8.49. The maximum Gasteiger partial charge on any atom is 0.330 e. The van der Waals surface area contributed by atoms with Crippen molar-refractivity contribution in [3.05, 3.63) is 62.6 Å². The molecule has 1 unspecified atom stereocenters. The second-order valence-electron chi connectivity index (χ2n) is 8.49. The Kier molecular flexibility index (Phi) is 6.38. The molecular weight excluding hydrogens is 394 g/mol. The molecule has 1 saturated heterocycles. The lowest BCUT2D eigenvalue weighted by Gasteiger charge is -2.34. The Labute approximate surface area is 181 Å². The predicted octanol–water partition coefficient (Wildman–Crippen LogP) is 2.17. The molecule has 3 aromatic rings. The molecule has 1 aliphatic rings. The van der Waals surface area contributed by atoms with Gasteiger partial charge in [-0.15, -0.1) is 0 Å². The van der Waals surface area contributed by atoms with Crippen LogP contribution in [0.5, 0.6) is 0 Å². The standard InChI is InChI=1S/C23H31N5O3/c1-3-4-12-28-21-19(22(30)25-23(28)31)26(2)18(24-21)15-27-13-10-17(11-14-27)20(29)16-8-6-5-7-9-16/h5-9,17,20,29H,3-4,10-15H2,1-2H3,(H,25,30,31). The molecule has 2 aromatic heterocycles. The Morgan fingerprint density at radius 1 is 1.19 bits per heavy atom. The highest BCUT2D eigenvalue weighted by atomic mass is 16.3. The average molecular weight is 426 g/mol. The zero-order valence-electron chi connectivity index (χ0n) is 18.3. The highest BCUT2D eigenvalue weighted by Gasteiger charge is 2.27. The summed E-state index contributed by atoms with van der Waals surface area (Å²) in [6, 6.07) is 9.84. The number of likely N-dealkylation sites (tertiary alicyclic amines) is 1. The van der Waals surface area contributed by atoms with Crippen LogP contribution in [0.2, 0.25) is 0 Å². The van der Waals surface area contributed by atoms with Crippen molar-refractivity contribution in [2.45, 2.75) is 51.8 Å². The van der Waals surface area contributed by atoms with Crippen LogP contribution in [-0.4, -0.2) is 42.2 Å². The predicted molar refractivity (Wildman–Crippen MR) is 120 cm³/mol. The van der Waals surface area contributed by atoms with Crippen molar-refractivity contribution < 1.29 is 5.11 Å². The van der Waals surface area contributed by atoms with E-state index in [0.29, 0.717) is 24.3 Å². The molecule has 0 saturated carbocycles. The van der Waals surface area contributed by atoms with Crippen molar-refractivity contribution in [3.63, 3.8) is 0 Å². The first kappa shape index (κ1) is 21.5. The number of benzene rings is 1. The van der Waals surface area contributed by atoms with Gasteiger partial charge in [0.2, 0.25) is 0 Å². The number of rotatable bonds is 7. The number of aliphatic hydroxyl groups is 1. The lowest BCUT2D eigenvalue weighted by molar-refractivity contribution is 0.0559. The number of imidazole rings is 1. The Hall–Kier alpha value is -2.71. The molecule has 3 heterocycles. The van der Waals surface area contributed by atoms with Gasteiger partial charge in [0, 0.05) is 13.6 Å². The van der Waals surface area contributed by atoms with Crippen LogP contribution in [0.25, 0.3) is 11.2 Å². The summed E-state index contributed by atoms with van der Waals surface area (Å²) < 4.78 is 3.38. The van der Waals surface area contributed by atoms with Gasteiger partial charge in [-0.2, -0.15) is 0 Å². The van der Waals surface area contributed by atoms with E-state index in [1.807, 2.05) is 37.4 Å². The number of aliphatic hydroxyl groups excluding tert-OH is 1. The van der Waals surface area contributed by atoms with Gasteiger partial charge in [-0.1, -0.05) is 43.7 Å².